The Balaban J connectivity index is 1.77. The van der Waals surface area contributed by atoms with Gasteiger partial charge in [-0.05, 0) is 38.7 Å². The average molecular weight is 318 g/mol. The van der Waals surface area contributed by atoms with Crippen LogP contribution in [0.5, 0.6) is 0 Å². The molecule has 0 spiro atoms. The maximum atomic E-state index is 12.7. The molecule has 2 aromatic heterocycles. The van der Waals surface area contributed by atoms with Crippen LogP contribution < -0.4 is 0 Å². The number of hydrogen-bond donors (Lipinski definition) is 0. The lowest BCUT2D eigenvalue weighted by molar-refractivity contribution is -0.133. The zero-order chi connectivity index (χ0) is 15.7. The van der Waals surface area contributed by atoms with E-state index < -0.39 is 0 Å². The molecule has 0 aliphatic carbocycles. The molecular weight excluding hydrogens is 296 g/mol. The van der Waals surface area contributed by atoms with Gasteiger partial charge in [-0.3, -0.25) is 9.48 Å². The van der Waals surface area contributed by atoms with Crippen molar-refractivity contribution in [2.24, 2.45) is 0 Å². The Morgan fingerprint density at radius 3 is 2.91 bits per heavy atom. The number of rotatable bonds is 4. The number of likely N-dealkylation sites (tertiary alicyclic amines) is 1. The zero-order valence-electron chi connectivity index (χ0n) is 13.4. The van der Waals surface area contributed by atoms with Crippen LogP contribution in [0.25, 0.3) is 0 Å². The second kappa shape index (κ2) is 6.20. The predicted octanol–water partition coefficient (Wildman–Crippen LogP) is 2.88. The summed E-state index contributed by atoms with van der Waals surface area (Å²) >= 11 is 1.63. The monoisotopic (exact) mass is 318 g/mol. The molecule has 3 rings (SSSR count). The lowest BCUT2D eigenvalue weighted by Gasteiger charge is -2.23. The van der Waals surface area contributed by atoms with E-state index >= 15 is 0 Å². The lowest BCUT2D eigenvalue weighted by atomic mass is 10.1. The van der Waals surface area contributed by atoms with Gasteiger partial charge in [0.1, 0.15) is 11.6 Å². The Morgan fingerprint density at radius 1 is 1.45 bits per heavy atom. The summed E-state index contributed by atoms with van der Waals surface area (Å²) in [5.41, 5.74) is 3.40. The number of hydrogen-bond acceptors (Lipinski definition) is 4. The maximum Gasteiger partial charge on any atom is 0.244 e. The molecule has 3 heterocycles. The Hall–Kier alpha value is -1.69. The summed E-state index contributed by atoms with van der Waals surface area (Å²) < 4.78 is 1.85. The molecule has 0 radical (unpaired) electrons. The highest BCUT2D eigenvalue weighted by Gasteiger charge is 2.31. The number of nitrogens with zero attached hydrogens (tertiary/aromatic N) is 4. The molecule has 0 unspecified atom stereocenters. The first-order valence-corrected chi connectivity index (χ1v) is 8.71. The van der Waals surface area contributed by atoms with Crippen LogP contribution in [0.2, 0.25) is 0 Å². The van der Waals surface area contributed by atoms with Crippen LogP contribution in [0.1, 0.15) is 47.8 Å². The van der Waals surface area contributed by atoms with Gasteiger partial charge in [0.25, 0.3) is 0 Å². The zero-order valence-corrected chi connectivity index (χ0v) is 14.2. The summed E-state index contributed by atoms with van der Waals surface area (Å²) in [6.07, 6.45) is 4.83. The second-order valence-electron chi connectivity index (χ2n) is 5.78. The highest BCUT2D eigenvalue weighted by atomic mass is 32.1. The maximum absolute atomic E-state index is 12.7. The molecule has 1 saturated heterocycles. The van der Waals surface area contributed by atoms with Gasteiger partial charge in [0.05, 0.1) is 11.7 Å². The van der Waals surface area contributed by atoms with Crippen LogP contribution in [0.4, 0.5) is 0 Å². The van der Waals surface area contributed by atoms with Crippen molar-refractivity contribution in [3.05, 3.63) is 33.5 Å². The van der Waals surface area contributed by atoms with E-state index in [1.807, 2.05) is 28.1 Å². The minimum atomic E-state index is 0.144. The topological polar surface area (TPSA) is 51.0 Å². The SMILES string of the molecule is CCc1c(C)nn(CC(=O)N2CCC[C@@H]2c2nccs2)c1C. The standard InChI is InChI=1S/C16H22N4OS/c1-4-13-11(2)18-20(12(13)3)10-15(21)19-8-5-6-14(19)16-17-7-9-22-16/h7,9,14H,4-6,8,10H2,1-3H3/t14-/m1/s1. The molecule has 1 aliphatic rings. The van der Waals surface area contributed by atoms with Crippen molar-refractivity contribution in [2.75, 3.05) is 6.54 Å². The van der Waals surface area contributed by atoms with Crippen molar-refractivity contribution < 1.29 is 4.79 Å². The van der Waals surface area contributed by atoms with Gasteiger partial charge in [-0.1, -0.05) is 6.92 Å². The summed E-state index contributed by atoms with van der Waals surface area (Å²) in [5.74, 6) is 0.144. The summed E-state index contributed by atoms with van der Waals surface area (Å²) in [6, 6.07) is 0.148. The number of carbonyl (C=O) groups is 1. The van der Waals surface area contributed by atoms with Crippen molar-refractivity contribution in [2.45, 2.75) is 52.6 Å². The summed E-state index contributed by atoms with van der Waals surface area (Å²) in [6.45, 7) is 7.34. The first kappa shape index (κ1) is 15.2. The number of aryl methyl sites for hydroxylation is 1. The first-order valence-electron chi connectivity index (χ1n) is 7.83. The largest absolute Gasteiger partial charge is 0.332 e. The highest BCUT2D eigenvalue weighted by molar-refractivity contribution is 7.09. The van der Waals surface area contributed by atoms with Crippen LogP contribution in [0.3, 0.4) is 0 Å². The molecule has 5 nitrogen and oxygen atoms in total. The van der Waals surface area contributed by atoms with Crippen molar-refractivity contribution in [3.8, 4) is 0 Å². The average Bonchev–Trinajstić information content (AvgIpc) is 3.20. The summed E-state index contributed by atoms with van der Waals surface area (Å²) in [7, 11) is 0. The number of amides is 1. The van der Waals surface area contributed by atoms with Crippen LogP contribution in [0, 0.1) is 13.8 Å². The van der Waals surface area contributed by atoms with Crippen molar-refractivity contribution in [3.63, 3.8) is 0 Å². The van der Waals surface area contributed by atoms with E-state index in [0.29, 0.717) is 6.54 Å². The van der Waals surface area contributed by atoms with Gasteiger partial charge in [-0.25, -0.2) is 4.98 Å². The van der Waals surface area contributed by atoms with Crippen LogP contribution >= 0.6 is 11.3 Å². The quantitative estimate of drug-likeness (QED) is 0.871. The molecule has 1 aliphatic heterocycles. The molecule has 22 heavy (non-hydrogen) atoms. The molecule has 0 saturated carbocycles. The van der Waals surface area contributed by atoms with Crippen molar-refractivity contribution >= 4 is 17.2 Å². The molecule has 1 amide bonds. The van der Waals surface area contributed by atoms with Crippen molar-refractivity contribution in [1.82, 2.24) is 19.7 Å². The predicted molar refractivity (Wildman–Crippen MR) is 86.9 cm³/mol. The first-order chi connectivity index (χ1) is 10.6. The number of carbonyl (C=O) groups excluding carboxylic acids is 1. The summed E-state index contributed by atoms with van der Waals surface area (Å²) in [4.78, 5) is 19.1. The van der Waals surface area contributed by atoms with Crippen molar-refractivity contribution in [1.29, 1.82) is 0 Å². The fraction of sp³-hybridized carbons (Fsp3) is 0.562. The number of thiazole rings is 1. The summed E-state index contributed by atoms with van der Waals surface area (Å²) in [5, 5.41) is 7.56. The molecule has 0 aromatic carbocycles. The minimum absolute atomic E-state index is 0.144. The Kier molecular flexibility index (Phi) is 4.29. The van der Waals surface area contributed by atoms with Gasteiger partial charge in [0.2, 0.25) is 5.91 Å². The smallest absolute Gasteiger partial charge is 0.244 e. The van der Waals surface area contributed by atoms with E-state index in [0.717, 1.165) is 42.2 Å². The minimum Gasteiger partial charge on any atom is -0.332 e. The van der Waals surface area contributed by atoms with Gasteiger partial charge < -0.3 is 4.90 Å². The van der Waals surface area contributed by atoms with E-state index in [2.05, 4.69) is 23.9 Å². The third-order valence-corrected chi connectivity index (χ3v) is 5.36. The molecule has 1 atom stereocenters. The van der Waals surface area contributed by atoms with E-state index in [1.165, 1.54) is 5.56 Å². The van der Waals surface area contributed by atoms with E-state index in [-0.39, 0.29) is 11.9 Å². The Morgan fingerprint density at radius 2 is 2.27 bits per heavy atom. The Labute approximate surface area is 135 Å². The van der Waals surface area contributed by atoms with Crippen LogP contribution in [-0.4, -0.2) is 32.1 Å². The van der Waals surface area contributed by atoms with E-state index in [9.17, 15) is 4.79 Å². The van der Waals surface area contributed by atoms with Gasteiger partial charge in [-0.2, -0.15) is 5.10 Å². The van der Waals surface area contributed by atoms with E-state index in [4.69, 9.17) is 0 Å². The Bertz CT molecular complexity index is 662. The number of aromatic nitrogens is 3. The van der Waals surface area contributed by atoms with Gasteiger partial charge in [-0.15, -0.1) is 11.3 Å². The molecule has 6 heteroatoms. The van der Waals surface area contributed by atoms with Crippen LogP contribution in [-0.2, 0) is 17.8 Å². The third-order valence-electron chi connectivity index (χ3n) is 4.48. The molecule has 2 aromatic rings. The third kappa shape index (κ3) is 2.67. The molecule has 1 fully saturated rings. The highest BCUT2D eigenvalue weighted by Crippen LogP contribution is 2.33. The fourth-order valence-corrected chi connectivity index (χ4v) is 4.12. The van der Waals surface area contributed by atoms with Crippen LogP contribution in [0.15, 0.2) is 11.6 Å². The second-order valence-corrected chi connectivity index (χ2v) is 6.70. The van der Waals surface area contributed by atoms with Gasteiger partial charge in [0.15, 0.2) is 0 Å². The lowest BCUT2D eigenvalue weighted by Crippen LogP contribution is -2.34. The van der Waals surface area contributed by atoms with Gasteiger partial charge in [0, 0.05) is 23.8 Å². The molecule has 0 bridgehead atoms. The molecule has 0 N–H and O–H groups in total. The molecule has 118 valence electrons. The van der Waals surface area contributed by atoms with Gasteiger partial charge >= 0.3 is 0 Å². The fourth-order valence-electron chi connectivity index (χ4n) is 3.34. The molecular formula is C16H22N4OS. The van der Waals surface area contributed by atoms with E-state index in [1.54, 1.807) is 11.3 Å². The normalized spacial score (nSPS) is 18.1.